The SMILES string of the molecule is CO[C@@H]1CC=C([Si](C)(C)C)CC1. The second-order valence-corrected chi connectivity index (χ2v) is 9.75. The number of methoxy groups -OCH3 is 1. The van der Waals surface area contributed by atoms with Crippen LogP contribution in [0.1, 0.15) is 19.3 Å². The number of ether oxygens (including phenoxy) is 1. The molecule has 0 saturated carbocycles. The Labute approximate surface area is 76.8 Å². The molecular formula is C10H20OSi. The summed E-state index contributed by atoms with van der Waals surface area (Å²) in [6, 6.07) is 0. The van der Waals surface area contributed by atoms with Gasteiger partial charge in [0.1, 0.15) is 0 Å². The van der Waals surface area contributed by atoms with Crippen LogP contribution < -0.4 is 0 Å². The van der Waals surface area contributed by atoms with E-state index in [1.807, 2.05) is 7.11 Å². The molecule has 2 heteroatoms. The van der Waals surface area contributed by atoms with Crippen LogP contribution in [0.25, 0.3) is 0 Å². The monoisotopic (exact) mass is 184 g/mol. The van der Waals surface area contributed by atoms with Gasteiger partial charge in [-0.1, -0.05) is 30.9 Å². The van der Waals surface area contributed by atoms with Gasteiger partial charge < -0.3 is 4.74 Å². The van der Waals surface area contributed by atoms with Crippen molar-refractivity contribution in [1.82, 2.24) is 0 Å². The summed E-state index contributed by atoms with van der Waals surface area (Å²) in [5.41, 5.74) is 0. The first kappa shape index (κ1) is 10.0. The van der Waals surface area contributed by atoms with Crippen LogP contribution >= 0.6 is 0 Å². The van der Waals surface area contributed by atoms with Crippen molar-refractivity contribution < 1.29 is 4.74 Å². The Bertz CT molecular complexity index is 179. The van der Waals surface area contributed by atoms with E-state index in [4.69, 9.17) is 4.74 Å². The first-order chi connectivity index (χ1) is 5.54. The van der Waals surface area contributed by atoms with Gasteiger partial charge in [0.15, 0.2) is 0 Å². The van der Waals surface area contributed by atoms with Crippen LogP contribution in [0, 0.1) is 0 Å². The molecule has 12 heavy (non-hydrogen) atoms. The number of hydrogen-bond donors (Lipinski definition) is 0. The molecule has 0 aromatic carbocycles. The molecule has 0 amide bonds. The first-order valence-corrected chi connectivity index (χ1v) is 8.26. The van der Waals surface area contributed by atoms with Gasteiger partial charge in [0.25, 0.3) is 0 Å². The van der Waals surface area contributed by atoms with E-state index in [-0.39, 0.29) is 0 Å². The summed E-state index contributed by atoms with van der Waals surface area (Å²) in [7, 11) is 0.824. The van der Waals surface area contributed by atoms with Crippen molar-refractivity contribution in [2.45, 2.75) is 45.0 Å². The summed E-state index contributed by atoms with van der Waals surface area (Å²) in [6.45, 7) is 7.27. The highest BCUT2D eigenvalue weighted by Gasteiger charge is 2.23. The lowest BCUT2D eigenvalue weighted by molar-refractivity contribution is 0.0947. The number of allylic oxidation sites excluding steroid dienone is 1. The van der Waals surface area contributed by atoms with Gasteiger partial charge in [0, 0.05) is 7.11 Å². The molecule has 0 N–H and O–H groups in total. The van der Waals surface area contributed by atoms with Crippen molar-refractivity contribution in [1.29, 1.82) is 0 Å². The average molecular weight is 184 g/mol. The maximum absolute atomic E-state index is 5.32. The zero-order chi connectivity index (χ0) is 9.19. The second kappa shape index (κ2) is 3.75. The average Bonchev–Trinajstić information content (AvgIpc) is 2.03. The Morgan fingerprint density at radius 1 is 1.42 bits per heavy atom. The highest BCUT2D eigenvalue weighted by molar-refractivity contribution is 6.83. The third kappa shape index (κ3) is 2.46. The van der Waals surface area contributed by atoms with E-state index in [0.29, 0.717) is 6.10 Å². The fraction of sp³-hybridized carbons (Fsp3) is 0.800. The summed E-state index contributed by atoms with van der Waals surface area (Å²) in [4.78, 5) is 0. The van der Waals surface area contributed by atoms with Gasteiger partial charge in [0.2, 0.25) is 0 Å². The topological polar surface area (TPSA) is 9.23 Å². The van der Waals surface area contributed by atoms with Crippen LogP contribution in [-0.4, -0.2) is 21.3 Å². The van der Waals surface area contributed by atoms with Crippen molar-refractivity contribution >= 4 is 8.07 Å². The van der Waals surface area contributed by atoms with Crippen molar-refractivity contribution in [2.75, 3.05) is 7.11 Å². The first-order valence-electron chi connectivity index (χ1n) is 4.76. The standard InChI is InChI=1S/C10H20OSi/c1-11-9-5-7-10(8-6-9)12(2,3)4/h7,9H,5-6,8H2,1-4H3/t9-/m1/s1. The Balaban J connectivity index is 2.56. The van der Waals surface area contributed by atoms with Crippen LogP contribution in [-0.2, 0) is 4.74 Å². The summed E-state index contributed by atoms with van der Waals surface area (Å²) < 4.78 is 5.32. The molecule has 0 spiro atoms. The summed E-state index contributed by atoms with van der Waals surface area (Å²) >= 11 is 0. The molecule has 0 aromatic rings. The van der Waals surface area contributed by atoms with E-state index in [1.54, 1.807) is 5.20 Å². The molecule has 0 aromatic heterocycles. The van der Waals surface area contributed by atoms with Crippen LogP contribution in [0.3, 0.4) is 0 Å². The minimum absolute atomic E-state index is 0.491. The highest BCUT2D eigenvalue weighted by atomic mass is 28.3. The Morgan fingerprint density at radius 3 is 2.42 bits per heavy atom. The Kier molecular flexibility index (Phi) is 3.13. The van der Waals surface area contributed by atoms with E-state index < -0.39 is 8.07 Å². The second-order valence-electron chi connectivity index (χ2n) is 4.61. The van der Waals surface area contributed by atoms with Crippen molar-refractivity contribution in [3.05, 3.63) is 11.3 Å². The quantitative estimate of drug-likeness (QED) is 0.600. The molecule has 0 unspecified atom stereocenters. The zero-order valence-electron chi connectivity index (χ0n) is 8.68. The van der Waals surface area contributed by atoms with Crippen LogP contribution in [0.15, 0.2) is 11.3 Å². The van der Waals surface area contributed by atoms with Gasteiger partial charge in [0.05, 0.1) is 14.2 Å². The molecule has 1 rings (SSSR count). The third-order valence-corrected chi connectivity index (χ3v) is 5.04. The fourth-order valence-electron chi connectivity index (χ4n) is 1.71. The predicted molar refractivity (Wildman–Crippen MR) is 56.1 cm³/mol. The number of rotatable bonds is 2. The van der Waals surface area contributed by atoms with Crippen molar-refractivity contribution in [2.24, 2.45) is 0 Å². The minimum Gasteiger partial charge on any atom is -0.381 e. The van der Waals surface area contributed by atoms with Gasteiger partial charge in [-0.15, -0.1) is 0 Å². The van der Waals surface area contributed by atoms with Crippen molar-refractivity contribution in [3.63, 3.8) is 0 Å². The lowest BCUT2D eigenvalue weighted by atomic mass is 10.0. The number of hydrogen-bond acceptors (Lipinski definition) is 1. The zero-order valence-corrected chi connectivity index (χ0v) is 9.68. The lowest BCUT2D eigenvalue weighted by Gasteiger charge is -2.27. The molecule has 0 bridgehead atoms. The van der Waals surface area contributed by atoms with E-state index in [0.717, 1.165) is 6.42 Å². The molecule has 70 valence electrons. The maximum atomic E-state index is 5.32. The minimum atomic E-state index is -0.993. The predicted octanol–water partition coefficient (Wildman–Crippen LogP) is 2.99. The summed E-state index contributed by atoms with van der Waals surface area (Å²) in [6.07, 6.45) is 6.55. The summed E-state index contributed by atoms with van der Waals surface area (Å²) in [5, 5.41) is 1.73. The van der Waals surface area contributed by atoms with Gasteiger partial charge in [-0.2, -0.15) is 0 Å². The molecule has 1 atom stereocenters. The molecule has 1 aliphatic carbocycles. The normalized spacial score (nSPS) is 25.3. The Morgan fingerprint density at radius 2 is 2.08 bits per heavy atom. The molecule has 0 aliphatic heterocycles. The van der Waals surface area contributed by atoms with Gasteiger partial charge in [-0.05, 0) is 19.3 Å². The lowest BCUT2D eigenvalue weighted by Crippen LogP contribution is -2.28. The van der Waals surface area contributed by atoms with Crippen molar-refractivity contribution in [3.8, 4) is 0 Å². The third-order valence-electron chi connectivity index (χ3n) is 2.66. The fourth-order valence-corrected chi connectivity index (χ4v) is 3.33. The van der Waals surface area contributed by atoms with E-state index in [2.05, 4.69) is 25.7 Å². The smallest absolute Gasteiger partial charge is 0.0720 e. The van der Waals surface area contributed by atoms with Gasteiger partial charge in [-0.25, -0.2) is 0 Å². The molecular weight excluding hydrogens is 164 g/mol. The van der Waals surface area contributed by atoms with Crippen LogP contribution in [0.4, 0.5) is 0 Å². The highest BCUT2D eigenvalue weighted by Crippen LogP contribution is 2.27. The summed E-state index contributed by atoms with van der Waals surface area (Å²) in [5.74, 6) is 0. The van der Waals surface area contributed by atoms with E-state index in [1.165, 1.54) is 12.8 Å². The maximum Gasteiger partial charge on any atom is 0.0720 e. The molecule has 0 radical (unpaired) electrons. The van der Waals surface area contributed by atoms with E-state index in [9.17, 15) is 0 Å². The molecule has 1 nitrogen and oxygen atoms in total. The van der Waals surface area contributed by atoms with E-state index >= 15 is 0 Å². The van der Waals surface area contributed by atoms with Gasteiger partial charge >= 0.3 is 0 Å². The van der Waals surface area contributed by atoms with Gasteiger partial charge in [-0.3, -0.25) is 0 Å². The molecule has 0 heterocycles. The largest absolute Gasteiger partial charge is 0.381 e. The van der Waals surface area contributed by atoms with Crippen LogP contribution in [0.5, 0.6) is 0 Å². The Hall–Kier alpha value is -0.0831. The molecule has 1 aliphatic rings. The van der Waals surface area contributed by atoms with Crippen LogP contribution in [0.2, 0.25) is 19.6 Å². The molecule has 0 saturated heterocycles. The molecule has 0 fully saturated rings.